The molecule has 1 fully saturated rings. The Bertz CT molecular complexity index is 1310. The highest BCUT2D eigenvalue weighted by Gasteiger charge is 2.23. The molecule has 0 radical (unpaired) electrons. The van der Waals surface area contributed by atoms with Gasteiger partial charge in [-0.3, -0.25) is 14.1 Å². The number of imidazole rings is 1. The second kappa shape index (κ2) is 9.79. The number of aromatic nitrogens is 2. The second-order valence-electron chi connectivity index (χ2n) is 8.60. The Kier molecular flexibility index (Phi) is 6.59. The summed E-state index contributed by atoms with van der Waals surface area (Å²) in [6.07, 6.45) is 3.04. The van der Waals surface area contributed by atoms with Gasteiger partial charge in [-0.2, -0.15) is 0 Å². The van der Waals surface area contributed by atoms with Crippen molar-refractivity contribution >= 4 is 34.8 Å². The fourth-order valence-corrected chi connectivity index (χ4v) is 4.79. The van der Waals surface area contributed by atoms with E-state index >= 15 is 0 Å². The van der Waals surface area contributed by atoms with Crippen molar-refractivity contribution in [3.63, 3.8) is 0 Å². The van der Waals surface area contributed by atoms with Crippen molar-refractivity contribution in [3.05, 3.63) is 82.5 Å². The van der Waals surface area contributed by atoms with Crippen molar-refractivity contribution in [2.75, 3.05) is 32.7 Å². The van der Waals surface area contributed by atoms with Crippen LogP contribution in [0.25, 0.3) is 28.2 Å². The topological polar surface area (TPSA) is 40.8 Å². The number of nitrogens with zero attached hydrogens (tertiary/aromatic N) is 4. The van der Waals surface area contributed by atoms with Crippen LogP contribution in [0.1, 0.15) is 23.7 Å². The van der Waals surface area contributed by atoms with Crippen molar-refractivity contribution < 1.29 is 4.79 Å². The van der Waals surface area contributed by atoms with Gasteiger partial charge in [0.15, 0.2) is 0 Å². The zero-order chi connectivity index (χ0) is 23.7. The average Bonchev–Trinajstić information content (AvgIpc) is 3.24. The number of rotatable bonds is 5. The molecule has 1 amide bonds. The average molecular weight is 493 g/mol. The van der Waals surface area contributed by atoms with Crippen molar-refractivity contribution in [3.8, 4) is 22.5 Å². The molecule has 0 bridgehead atoms. The van der Waals surface area contributed by atoms with E-state index in [9.17, 15) is 4.79 Å². The molecule has 2 aromatic heterocycles. The molecule has 0 atom stereocenters. The Labute approximate surface area is 209 Å². The molecule has 5 nitrogen and oxygen atoms in total. The number of halogens is 2. The summed E-state index contributed by atoms with van der Waals surface area (Å²) in [5.74, 6) is 0.0573. The molecule has 174 valence electrons. The molecule has 0 saturated carbocycles. The van der Waals surface area contributed by atoms with E-state index in [4.69, 9.17) is 28.2 Å². The SMILES string of the molecule is CCCN1CCN(C(=O)c2ccc3nc(-c4ccc(Cl)cc4)c(-c4ccc(Cl)cc4)n3c2)CC1. The van der Waals surface area contributed by atoms with Crippen LogP contribution in [0, 0.1) is 0 Å². The minimum Gasteiger partial charge on any atom is -0.336 e. The smallest absolute Gasteiger partial charge is 0.255 e. The van der Waals surface area contributed by atoms with Crippen molar-refractivity contribution in [1.82, 2.24) is 19.2 Å². The van der Waals surface area contributed by atoms with Gasteiger partial charge in [0.25, 0.3) is 5.91 Å². The molecule has 34 heavy (non-hydrogen) atoms. The first-order valence-corrected chi connectivity index (χ1v) is 12.3. The van der Waals surface area contributed by atoms with E-state index in [1.165, 1.54) is 0 Å². The summed E-state index contributed by atoms with van der Waals surface area (Å²) in [4.78, 5) is 22.6. The van der Waals surface area contributed by atoms with Gasteiger partial charge in [-0.1, -0.05) is 54.4 Å². The Hall–Kier alpha value is -2.86. The van der Waals surface area contributed by atoms with Crippen LogP contribution in [0.3, 0.4) is 0 Å². The Morgan fingerprint density at radius 3 is 2.09 bits per heavy atom. The van der Waals surface area contributed by atoms with Crippen LogP contribution in [0.5, 0.6) is 0 Å². The van der Waals surface area contributed by atoms with Crippen LogP contribution >= 0.6 is 23.2 Å². The van der Waals surface area contributed by atoms with E-state index in [0.717, 1.165) is 67.3 Å². The molecule has 0 spiro atoms. The molecule has 1 aliphatic heterocycles. The minimum absolute atomic E-state index is 0.0573. The van der Waals surface area contributed by atoms with Gasteiger partial charge < -0.3 is 4.90 Å². The van der Waals surface area contributed by atoms with Crippen LogP contribution < -0.4 is 0 Å². The molecular formula is C27H26Cl2N4O. The Morgan fingerprint density at radius 1 is 0.853 bits per heavy atom. The van der Waals surface area contributed by atoms with Gasteiger partial charge in [0, 0.05) is 53.5 Å². The largest absolute Gasteiger partial charge is 0.336 e. The predicted octanol–water partition coefficient (Wildman–Crippen LogP) is 6.14. The van der Waals surface area contributed by atoms with E-state index in [-0.39, 0.29) is 5.91 Å². The summed E-state index contributed by atoms with van der Waals surface area (Å²) in [5.41, 5.74) is 5.11. The van der Waals surface area contributed by atoms with Gasteiger partial charge in [-0.05, 0) is 49.4 Å². The van der Waals surface area contributed by atoms with Crippen LogP contribution in [-0.4, -0.2) is 57.8 Å². The maximum Gasteiger partial charge on any atom is 0.255 e. The first-order chi connectivity index (χ1) is 16.5. The highest BCUT2D eigenvalue weighted by molar-refractivity contribution is 6.31. The molecule has 2 aromatic carbocycles. The molecule has 7 heteroatoms. The van der Waals surface area contributed by atoms with Gasteiger partial charge in [0.05, 0.1) is 17.0 Å². The molecular weight excluding hydrogens is 467 g/mol. The number of amides is 1. The maximum atomic E-state index is 13.4. The summed E-state index contributed by atoms with van der Waals surface area (Å²) in [7, 11) is 0. The third kappa shape index (κ3) is 4.56. The maximum absolute atomic E-state index is 13.4. The molecule has 4 aromatic rings. The van der Waals surface area contributed by atoms with Crippen LogP contribution in [0.15, 0.2) is 66.9 Å². The third-order valence-electron chi connectivity index (χ3n) is 6.30. The first-order valence-electron chi connectivity index (χ1n) is 11.6. The van der Waals surface area contributed by atoms with Gasteiger partial charge >= 0.3 is 0 Å². The lowest BCUT2D eigenvalue weighted by atomic mass is 10.0. The number of carbonyl (C=O) groups is 1. The number of benzene rings is 2. The summed E-state index contributed by atoms with van der Waals surface area (Å²) < 4.78 is 2.01. The number of carbonyl (C=O) groups excluding carboxylic acids is 1. The van der Waals surface area contributed by atoms with Gasteiger partial charge in [0.1, 0.15) is 5.65 Å². The summed E-state index contributed by atoms with van der Waals surface area (Å²) in [6.45, 7) is 6.62. The van der Waals surface area contributed by atoms with Gasteiger partial charge in [0.2, 0.25) is 0 Å². The Morgan fingerprint density at radius 2 is 1.47 bits per heavy atom. The lowest BCUT2D eigenvalue weighted by Gasteiger charge is -2.34. The quantitative estimate of drug-likeness (QED) is 0.335. The summed E-state index contributed by atoms with van der Waals surface area (Å²) in [5, 5.41) is 1.34. The molecule has 1 aliphatic rings. The zero-order valence-corrected chi connectivity index (χ0v) is 20.6. The van der Waals surface area contributed by atoms with Gasteiger partial charge in [-0.15, -0.1) is 0 Å². The molecule has 3 heterocycles. The standard InChI is InChI=1S/C27H26Cl2N4O/c1-2-13-31-14-16-32(17-15-31)27(34)21-7-12-24-30-25(19-3-8-22(28)9-4-19)26(33(24)18-21)20-5-10-23(29)11-6-20/h3-12,18H,2,13-17H2,1H3. The highest BCUT2D eigenvalue weighted by atomic mass is 35.5. The van der Waals surface area contributed by atoms with Crippen molar-refractivity contribution in [1.29, 1.82) is 0 Å². The molecule has 5 rings (SSSR count). The molecule has 0 N–H and O–H groups in total. The fraction of sp³-hybridized carbons (Fsp3) is 0.259. The number of hydrogen-bond acceptors (Lipinski definition) is 3. The lowest BCUT2D eigenvalue weighted by Crippen LogP contribution is -2.48. The van der Waals surface area contributed by atoms with Crippen molar-refractivity contribution in [2.45, 2.75) is 13.3 Å². The lowest BCUT2D eigenvalue weighted by molar-refractivity contribution is 0.0637. The van der Waals surface area contributed by atoms with Crippen LogP contribution in [-0.2, 0) is 0 Å². The monoisotopic (exact) mass is 492 g/mol. The number of piperazine rings is 1. The third-order valence-corrected chi connectivity index (χ3v) is 6.80. The van der Waals surface area contributed by atoms with E-state index < -0.39 is 0 Å². The van der Waals surface area contributed by atoms with E-state index in [0.29, 0.717) is 15.6 Å². The fourth-order valence-electron chi connectivity index (χ4n) is 4.54. The van der Waals surface area contributed by atoms with Crippen LogP contribution in [0.4, 0.5) is 0 Å². The van der Waals surface area contributed by atoms with E-state index in [1.807, 2.05) is 76.2 Å². The minimum atomic E-state index is 0.0573. The summed E-state index contributed by atoms with van der Waals surface area (Å²) >= 11 is 12.3. The zero-order valence-electron chi connectivity index (χ0n) is 19.0. The predicted molar refractivity (Wildman–Crippen MR) is 139 cm³/mol. The Balaban J connectivity index is 1.56. The number of pyridine rings is 1. The summed E-state index contributed by atoms with van der Waals surface area (Å²) in [6, 6.07) is 19.1. The van der Waals surface area contributed by atoms with E-state index in [2.05, 4.69) is 11.8 Å². The molecule has 1 saturated heterocycles. The first kappa shape index (κ1) is 22.9. The normalized spacial score (nSPS) is 14.6. The number of fused-ring (bicyclic) bond motifs is 1. The molecule has 0 aliphatic carbocycles. The van der Waals surface area contributed by atoms with Crippen LogP contribution in [0.2, 0.25) is 10.0 Å². The van der Waals surface area contributed by atoms with E-state index in [1.54, 1.807) is 0 Å². The highest BCUT2D eigenvalue weighted by Crippen LogP contribution is 2.34. The second-order valence-corrected chi connectivity index (χ2v) is 9.48. The van der Waals surface area contributed by atoms with Crippen molar-refractivity contribution in [2.24, 2.45) is 0 Å². The van der Waals surface area contributed by atoms with Gasteiger partial charge in [-0.25, -0.2) is 4.98 Å². The molecule has 0 unspecified atom stereocenters. The number of hydrogen-bond donors (Lipinski definition) is 0.